The lowest BCUT2D eigenvalue weighted by Crippen LogP contribution is -2.34. The molecule has 1 heterocycles. The summed E-state index contributed by atoms with van der Waals surface area (Å²) in [6, 6.07) is 12.1. The van der Waals surface area contributed by atoms with Crippen LogP contribution in [0.25, 0.3) is 0 Å². The van der Waals surface area contributed by atoms with E-state index in [-0.39, 0.29) is 16.3 Å². The van der Waals surface area contributed by atoms with Crippen molar-refractivity contribution in [2.45, 2.75) is 32.9 Å². The molecule has 0 saturated carbocycles. The summed E-state index contributed by atoms with van der Waals surface area (Å²) in [4.78, 5) is 25.6. The molecule has 0 unspecified atom stereocenters. The molecule has 148 valence electrons. The van der Waals surface area contributed by atoms with Crippen molar-refractivity contribution in [1.29, 1.82) is 0 Å². The van der Waals surface area contributed by atoms with Crippen molar-refractivity contribution in [3.63, 3.8) is 0 Å². The molecule has 0 spiro atoms. The minimum absolute atomic E-state index is 0.0109. The Labute approximate surface area is 169 Å². The third kappa shape index (κ3) is 5.09. The van der Waals surface area contributed by atoms with Crippen LogP contribution >= 0.6 is 11.6 Å². The van der Waals surface area contributed by atoms with Gasteiger partial charge in [0.2, 0.25) is 0 Å². The molecule has 0 aromatic heterocycles. The minimum Gasteiger partial charge on any atom is -0.348 e. The Morgan fingerprint density at radius 2 is 2.04 bits per heavy atom. The zero-order chi connectivity index (χ0) is 20.1. The summed E-state index contributed by atoms with van der Waals surface area (Å²) >= 11 is 5.82. The van der Waals surface area contributed by atoms with Crippen LogP contribution in [0.5, 0.6) is 0 Å². The Bertz CT molecular complexity index is 872. The van der Waals surface area contributed by atoms with Crippen LogP contribution in [0.3, 0.4) is 0 Å². The first-order valence-corrected chi connectivity index (χ1v) is 9.83. The quantitative estimate of drug-likeness (QED) is 0.574. The number of nitro groups is 1. The summed E-state index contributed by atoms with van der Waals surface area (Å²) in [5.74, 6) is 0.218. The maximum atomic E-state index is 12.5. The third-order valence-corrected chi connectivity index (χ3v) is 5.33. The highest BCUT2D eigenvalue weighted by molar-refractivity contribution is 6.31. The first kappa shape index (κ1) is 20.3. The van der Waals surface area contributed by atoms with E-state index in [1.807, 2.05) is 18.2 Å². The van der Waals surface area contributed by atoms with Crippen molar-refractivity contribution >= 4 is 23.2 Å². The molecule has 7 heteroatoms. The molecule has 1 saturated heterocycles. The van der Waals surface area contributed by atoms with Crippen molar-refractivity contribution in [3.05, 3.63) is 74.3 Å². The summed E-state index contributed by atoms with van der Waals surface area (Å²) in [5.41, 5.74) is 1.91. The Kier molecular flexibility index (Phi) is 6.65. The van der Waals surface area contributed by atoms with Crippen LogP contribution in [0.4, 0.5) is 5.69 Å². The summed E-state index contributed by atoms with van der Waals surface area (Å²) < 4.78 is 0. The Hall–Kier alpha value is -2.44. The Balaban J connectivity index is 1.70. The van der Waals surface area contributed by atoms with Gasteiger partial charge >= 0.3 is 0 Å². The number of nitrogens with zero attached hydrogens (tertiary/aromatic N) is 2. The maximum absolute atomic E-state index is 12.5. The van der Waals surface area contributed by atoms with Crippen LogP contribution < -0.4 is 5.32 Å². The van der Waals surface area contributed by atoms with Crippen molar-refractivity contribution in [2.75, 3.05) is 13.1 Å². The van der Waals surface area contributed by atoms with Gasteiger partial charge in [0, 0.05) is 30.7 Å². The van der Waals surface area contributed by atoms with Gasteiger partial charge < -0.3 is 5.32 Å². The highest BCUT2D eigenvalue weighted by Crippen LogP contribution is 2.24. The second-order valence-electron chi connectivity index (χ2n) is 7.35. The monoisotopic (exact) mass is 401 g/mol. The number of piperidine rings is 1. The zero-order valence-electron chi connectivity index (χ0n) is 15.9. The van der Waals surface area contributed by atoms with E-state index in [1.165, 1.54) is 36.6 Å². The number of benzene rings is 2. The lowest BCUT2D eigenvalue weighted by molar-refractivity contribution is -0.385. The van der Waals surface area contributed by atoms with Crippen molar-refractivity contribution in [1.82, 2.24) is 10.2 Å². The highest BCUT2D eigenvalue weighted by atomic mass is 35.5. The second-order valence-corrected chi connectivity index (χ2v) is 7.79. The van der Waals surface area contributed by atoms with Gasteiger partial charge in [-0.1, -0.05) is 42.8 Å². The van der Waals surface area contributed by atoms with Gasteiger partial charge in [0.05, 0.1) is 4.92 Å². The maximum Gasteiger partial charge on any atom is 0.283 e. The standard InChI is InChI=1S/C21H24ClN3O3/c1-15-5-4-10-24(13-15)14-17-7-3-2-6-16(17)12-23-21(26)19-9-8-18(22)11-20(19)25(27)28/h2-3,6-9,11,15H,4-5,10,12-14H2,1H3,(H,23,26)/t15-/m0/s1. The smallest absolute Gasteiger partial charge is 0.283 e. The first-order chi connectivity index (χ1) is 13.4. The second kappa shape index (κ2) is 9.17. The average Bonchev–Trinajstić information content (AvgIpc) is 2.67. The van der Waals surface area contributed by atoms with Gasteiger partial charge in [0.25, 0.3) is 11.6 Å². The van der Waals surface area contributed by atoms with E-state index >= 15 is 0 Å². The number of hydrogen-bond acceptors (Lipinski definition) is 4. The highest BCUT2D eigenvalue weighted by Gasteiger charge is 2.21. The molecule has 1 aliphatic heterocycles. The van der Waals surface area contributed by atoms with E-state index in [0.717, 1.165) is 25.2 Å². The molecule has 2 aromatic carbocycles. The predicted molar refractivity (Wildman–Crippen MR) is 109 cm³/mol. The van der Waals surface area contributed by atoms with E-state index in [1.54, 1.807) is 0 Å². The molecule has 1 fully saturated rings. The first-order valence-electron chi connectivity index (χ1n) is 9.45. The van der Waals surface area contributed by atoms with E-state index in [2.05, 4.69) is 23.2 Å². The lowest BCUT2D eigenvalue weighted by atomic mass is 9.99. The van der Waals surface area contributed by atoms with Gasteiger partial charge in [-0.2, -0.15) is 0 Å². The number of rotatable bonds is 6. The number of carbonyl (C=O) groups is 1. The fourth-order valence-electron chi connectivity index (χ4n) is 3.67. The van der Waals surface area contributed by atoms with Crippen molar-refractivity contribution in [2.24, 2.45) is 5.92 Å². The van der Waals surface area contributed by atoms with E-state index in [0.29, 0.717) is 12.5 Å². The Morgan fingerprint density at radius 3 is 2.75 bits per heavy atom. The van der Waals surface area contributed by atoms with Crippen molar-refractivity contribution < 1.29 is 9.72 Å². The third-order valence-electron chi connectivity index (χ3n) is 5.09. The number of amides is 1. The van der Waals surface area contributed by atoms with E-state index in [4.69, 9.17) is 11.6 Å². The summed E-state index contributed by atoms with van der Waals surface area (Å²) in [6.07, 6.45) is 2.48. The minimum atomic E-state index is -0.591. The number of likely N-dealkylation sites (tertiary alicyclic amines) is 1. The number of halogens is 1. The molecule has 3 rings (SSSR count). The molecule has 1 N–H and O–H groups in total. The number of nitrogens with one attached hydrogen (secondary N) is 1. The molecule has 2 aromatic rings. The molecule has 28 heavy (non-hydrogen) atoms. The van der Waals surface area contributed by atoms with Crippen LogP contribution in [0.1, 0.15) is 41.3 Å². The van der Waals surface area contributed by atoms with E-state index in [9.17, 15) is 14.9 Å². The summed E-state index contributed by atoms with van der Waals surface area (Å²) in [5, 5.41) is 14.3. The number of nitro benzene ring substituents is 1. The summed E-state index contributed by atoms with van der Waals surface area (Å²) in [6.45, 7) is 5.60. The summed E-state index contributed by atoms with van der Waals surface area (Å²) in [7, 11) is 0. The molecule has 0 bridgehead atoms. The lowest BCUT2D eigenvalue weighted by Gasteiger charge is -2.31. The molecule has 0 radical (unpaired) electrons. The number of carbonyl (C=O) groups excluding carboxylic acids is 1. The van der Waals surface area contributed by atoms with Gasteiger partial charge in [-0.25, -0.2) is 0 Å². The topological polar surface area (TPSA) is 75.5 Å². The average molecular weight is 402 g/mol. The normalized spacial score (nSPS) is 17.3. The van der Waals surface area contributed by atoms with Crippen LogP contribution in [0.2, 0.25) is 5.02 Å². The Morgan fingerprint density at radius 1 is 1.29 bits per heavy atom. The van der Waals surface area contributed by atoms with Gasteiger partial charge in [-0.05, 0) is 48.6 Å². The van der Waals surface area contributed by atoms with Crippen LogP contribution in [0.15, 0.2) is 42.5 Å². The van der Waals surface area contributed by atoms with Crippen LogP contribution in [0, 0.1) is 16.0 Å². The molecule has 1 aliphatic rings. The van der Waals surface area contributed by atoms with Gasteiger partial charge in [0.1, 0.15) is 5.56 Å². The predicted octanol–water partition coefficient (Wildman–Crippen LogP) is 4.41. The SMILES string of the molecule is C[C@H]1CCCN(Cc2ccccc2CNC(=O)c2ccc(Cl)cc2[N+](=O)[O-])C1. The molecular weight excluding hydrogens is 378 g/mol. The van der Waals surface area contributed by atoms with Crippen LogP contribution in [-0.2, 0) is 13.1 Å². The molecule has 1 atom stereocenters. The fourth-order valence-corrected chi connectivity index (χ4v) is 3.84. The molecule has 0 aliphatic carbocycles. The van der Waals surface area contributed by atoms with Crippen LogP contribution in [-0.4, -0.2) is 28.8 Å². The molecule has 6 nitrogen and oxygen atoms in total. The molecule has 1 amide bonds. The van der Waals surface area contributed by atoms with Crippen molar-refractivity contribution in [3.8, 4) is 0 Å². The van der Waals surface area contributed by atoms with Gasteiger partial charge in [-0.3, -0.25) is 19.8 Å². The zero-order valence-corrected chi connectivity index (χ0v) is 16.6. The van der Waals surface area contributed by atoms with E-state index < -0.39 is 10.8 Å². The fraction of sp³-hybridized carbons (Fsp3) is 0.381. The number of hydrogen-bond donors (Lipinski definition) is 1. The molecular formula is C21H24ClN3O3. The largest absolute Gasteiger partial charge is 0.348 e. The van der Waals surface area contributed by atoms with Gasteiger partial charge in [-0.15, -0.1) is 0 Å². The van der Waals surface area contributed by atoms with Gasteiger partial charge in [0.15, 0.2) is 0 Å².